The Labute approximate surface area is 161 Å². The fraction of sp³-hybridized carbons (Fsp3) is 0.650. The van der Waals surface area contributed by atoms with Gasteiger partial charge >= 0.3 is 0 Å². The van der Waals surface area contributed by atoms with Crippen LogP contribution in [-0.4, -0.2) is 26.9 Å². The van der Waals surface area contributed by atoms with E-state index in [0.29, 0.717) is 11.1 Å². The highest BCUT2D eigenvalue weighted by Crippen LogP contribution is 2.59. The van der Waals surface area contributed by atoms with Gasteiger partial charge < -0.3 is 10.6 Å². The standard InChI is InChI=1S/C20H29N3O3S/c1-13(19(24)23-17-2-4-18(5-3-17)27(21,25)26)22-12-20-9-14-6-15(10-20)8-16(7-14)11-20/h2-5,13-16,22H,6-12H2,1H3,(H,23,24)(H2,21,25,26)/p+1/t13-,14?,15?,16?,20?/m0/s1. The molecule has 4 aliphatic carbocycles. The average molecular weight is 393 g/mol. The first-order valence-electron chi connectivity index (χ1n) is 9.99. The smallest absolute Gasteiger partial charge is 0.282 e. The number of anilines is 1. The molecule has 1 aromatic rings. The van der Waals surface area contributed by atoms with Crippen LogP contribution in [0.4, 0.5) is 5.69 Å². The molecule has 4 bridgehead atoms. The van der Waals surface area contributed by atoms with Gasteiger partial charge in [-0.05, 0) is 87.5 Å². The molecule has 5 N–H and O–H groups in total. The highest BCUT2D eigenvalue weighted by molar-refractivity contribution is 7.89. The third kappa shape index (κ3) is 4.05. The fourth-order valence-electron chi connectivity index (χ4n) is 6.06. The molecular formula is C20H30N3O3S+. The Hall–Kier alpha value is -1.44. The molecule has 4 saturated carbocycles. The van der Waals surface area contributed by atoms with Crippen LogP contribution >= 0.6 is 0 Å². The topological polar surface area (TPSA) is 106 Å². The zero-order chi connectivity index (χ0) is 19.2. The Kier molecular flexibility index (Phi) is 4.81. The zero-order valence-corrected chi connectivity index (χ0v) is 16.7. The van der Waals surface area contributed by atoms with Gasteiger partial charge in [0.1, 0.15) is 0 Å². The van der Waals surface area contributed by atoms with Crippen molar-refractivity contribution in [2.75, 3.05) is 11.9 Å². The van der Waals surface area contributed by atoms with E-state index in [-0.39, 0.29) is 16.8 Å². The van der Waals surface area contributed by atoms with E-state index < -0.39 is 10.0 Å². The van der Waals surface area contributed by atoms with Crippen molar-refractivity contribution in [1.82, 2.24) is 0 Å². The first kappa shape index (κ1) is 18.9. The van der Waals surface area contributed by atoms with Crippen molar-refractivity contribution >= 4 is 21.6 Å². The van der Waals surface area contributed by atoms with E-state index in [9.17, 15) is 13.2 Å². The van der Waals surface area contributed by atoms with E-state index in [1.165, 1.54) is 50.7 Å². The zero-order valence-electron chi connectivity index (χ0n) is 15.9. The SMILES string of the molecule is C[C@H]([NH2+]CC12CC3CC(CC(C3)C1)C2)C(=O)Nc1ccc(S(N)(=O)=O)cc1. The van der Waals surface area contributed by atoms with Gasteiger partial charge in [-0.15, -0.1) is 0 Å². The van der Waals surface area contributed by atoms with Gasteiger partial charge in [-0.1, -0.05) is 0 Å². The quantitative estimate of drug-likeness (QED) is 0.682. The highest BCUT2D eigenvalue weighted by Gasteiger charge is 2.51. The predicted molar refractivity (Wildman–Crippen MR) is 103 cm³/mol. The number of primary sulfonamides is 1. The van der Waals surface area contributed by atoms with E-state index in [2.05, 4.69) is 10.6 Å². The molecule has 0 radical (unpaired) electrons. The average Bonchev–Trinajstić information content (AvgIpc) is 2.58. The minimum atomic E-state index is -3.71. The summed E-state index contributed by atoms with van der Waals surface area (Å²) in [7, 11) is -3.71. The van der Waals surface area contributed by atoms with Crippen LogP contribution in [-0.2, 0) is 14.8 Å². The van der Waals surface area contributed by atoms with Crippen molar-refractivity contribution < 1.29 is 18.5 Å². The molecule has 0 aromatic heterocycles. The Morgan fingerprint density at radius 2 is 1.67 bits per heavy atom. The van der Waals surface area contributed by atoms with Gasteiger partial charge in [0.2, 0.25) is 10.0 Å². The van der Waals surface area contributed by atoms with E-state index in [0.717, 1.165) is 24.3 Å². The molecule has 0 spiro atoms. The summed E-state index contributed by atoms with van der Waals surface area (Å²) < 4.78 is 22.6. The van der Waals surface area contributed by atoms with Crippen LogP contribution in [0, 0.1) is 23.2 Å². The molecule has 5 rings (SSSR count). The van der Waals surface area contributed by atoms with Gasteiger partial charge in [0.25, 0.3) is 5.91 Å². The molecule has 1 amide bonds. The lowest BCUT2D eigenvalue weighted by Crippen LogP contribution is -2.94. The first-order chi connectivity index (χ1) is 12.7. The summed E-state index contributed by atoms with van der Waals surface area (Å²) >= 11 is 0. The second kappa shape index (κ2) is 6.87. The van der Waals surface area contributed by atoms with Gasteiger partial charge in [0, 0.05) is 11.1 Å². The fourth-order valence-corrected chi connectivity index (χ4v) is 6.57. The van der Waals surface area contributed by atoms with Gasteiger partial charge in [-0.25, -0.2) is 13.6 Å². The van der Waals surface area contributed by atoms with Gasteiger partial charge in [-0.3, -0.25) is 4.79 Å². The van der Waals surface area contributed by atoms with Crippen molar-refractivity contribution in [1.29, 1.82) is 0 Å². The number of benzene rings is 1. The number of quaternary nitrogens is 1. The highest BCUT2D eigenvalue weighted by atomic mass is 32.2. The number of carbonyl (C=O) groups excluding carboxylic acids is 1. The molecular weight excluding hydrogens is 362 g/mol. The lowest BCUT2D eigenvalue weighted by atomic mass is 9.49. The molecule has 1 atom stereocenters. The third-order valence-electron chi connectivity index (χ3n) is 6.93. The molecule has 4 fully saturated rings. The number of hydrogen-bond donors (Lipinski definition) is 3. The molecule has 1 aromatic carbocycles. The maximum atomic E-state index is 12.5. The molecule has 6 nitrogen and oxygen atoms in total. The van der Waals surface area contributed by atoms with Crippen LogP contribution in [0.25, 0.3) is 0 Å². The van der Waals surface area contributed by atoms with Gasteiger partial charge in [0.05, 0.1) is 11.4 Å². The number of carbonyl (C=O) groups is 1. The summed E-state index contributed by atoms with van der Waals surface area (Å²) in [4.78, 5) is 12.6. The maximum absolute atomic E-state index is 12.5. The van der Waals surface area contributed by atoms with Crippen LogP contribution < -0.4 is 15.8 Å². The second-order valence-electron chi connectivity index (χ2n) is 9.20. The minimum absolute atomic E-state index is 0.0435. The van der Waals surface area contributed by atoms with Crippen molar-refractivity contribution in [3.63, 3.8) is 0 Å². The summed E-state index contributed by atoms with van der Waals surface area (Å²) in [5, 5.41) is 10.2. The first-order valence-corrected chi connectivity index (χ1v) is 11.5. The molecule has 0 unspecified atom stereocenters. The monoisotopic (exact) mass is 392 g/mol. The van der Waals surface area contributed by atoms with Crippen LogP contribution in [0.2, 0.25) is 0 Å². The van der Waals surface area contributed by atoms with Crippen LogP contribution in [0.15, 0.2) is 29.2 Å². The molecule has 7 heteroatoms. The van der Waals surface area contributed by atoms with Crippen LogP contribution in [0.1, 0.15) is 45.4 Å². The Morgan fingerprint density at radius 3 is 2.15 bits per heavy atom. The van der Waals surface area contributed by atoms with E-state index in [1.807, 2.05) is 6.92 Å². The maximum Gasteiger partial charge on any atom is 0.282 e. The number of nitrogens with one attached hydrogen (secondary N) is 1. The summed E-state index contributed by atoms with van der Waals surface area (Å²) in [5.74, 6) is 2.71. The minimum Gasteiger partial charge on any atom is -0.336 e. The summed E-state index contributed by atoms with van der Waals surface area (Å²) in [6.07, 6.45) is 8.34. The Morgan fingerprint density at radius 1 is 1.15 bits per heavy atom. The predicted octanol–water partition coefficient (Wildman–Crippen LogP) is 1.44. The number of rotatable bonds is 6. The number of nitrogens with two attached hydrogens (primary N) is 2. The number of sulfonamides is 1. The summed E-state index contributed by atoms with van der Waals surface area (Å²) in [6, 6.07) is 5.80. The molecule has 0 aliphatic heterocycles. The lowest BCUT2D eigenvalue weighted by molar-refractivity contribution is -0.686. The number of hydrogen-bond acceptors (Lipinski definition) is 3. The van der Waals surface area contributed by atoms with Crippen molar-refractivity contribution in [2.45, 2.75) is 56.4 Å². The molecule has 0 heterocycles. The summed E-state index contributed by atoms with van der Waals surface area (Å²) in [5.41, 5.74) is 1.03. The molecule has 148 valence electrons. The Bertz CT molecular complexity index is 784. The normalized spacial score (nSPS) is 33.0. The van der Waals surface area contributed by atoms with Gasteiger partial charge in [-0.2, -0.15) is 0 Å². The Balaban J connectivity index is 1.32. The second-order valence-corrected chi connectivity index (χ2v) is 10.8. The molecule has 0 saturated heterocycles. The van der Waals surface area contributed by atoms with Crippen molar-refractivity contribution in [3.05, 3.63) is 24.3 Å². The molecule has 4 aliphatic rings. The van der Waals surface area contributed by atoms with Crippen molar-refractivity contribution in [3.8, 4) is 0 Å². The van der Waals surface area contributed by atoms with E-state index in [1.54, 1.807) is 12.1 Å². The largest absolute Gasteiger partial charge is 0.336 e. The number of amides is 1. The summed E-state index contributed by atoms with van der Waals surface area (Å²) in [6.45, 7) is 2.98. The molecule has 27 heavy (non-hydrogen) atoms. The van der Waals surface area contributed by atoms with Crippen LogP contribution in [0.5, 0.6) is 0 Å². The van der Waals surface area contributed by atoms with Crippen molar-refractivity contribution in [2.24, 2.45) is 28.3 Å². The third-order valence-corrected chi connectivity index (χ3v) is 7.86. The van der Waals surface area contributed by atoms with Gasteiger partial charge in [0.15, 0.2) is 6.04 Å². The van der Waals surface area contributed by atoms with E-state index >= 15 is 0 Å². The van der Waals surface area contributed by atoms with E-state index in [4.69, 9.17) is 5.14 Å². The lowest BCUT2D eigenvalue weighted by Gasteiger charge is -2.56. The van der Waals surface area contributed by atoms with Crippen LogP contribution in [0.3, 0.4) is 0 Å².